The maximum absolute atomic E-state index is 13.6. The van der Waals surface area contributed by atoms with Gasteiger partial charge in [0.2, 0.25) is 5.91 Å². The Labute approximate surface area is 225 Å². The molecule has 38 heavy (non-hydrogen) atoms. The van der Waals surface area contributed by atoms with Gasteiger partial charge < -0.3 is 33.7 Å². The predicted molar refractivity (Wildman–Crippen MR) is 144 cm³/mol. The number of methoxy groups -OCH3 is 2. The smallest absolute Gasteiger partial charge is 0.318 e. The Bertz CT molecular complexity index is 1010. The van der Waals surface area contributed by atoms with Crippen molar-refractivity contribution in [2.24, 2.45) is 0 Å². The molecule has 210 valence electrons. The van der Waals surface area contributed by atoms with Gasteiger partial charge in [0.1, 0.15) is 12.3 Å². The molecule has 1 N–H and O–H groups in total. The Morgan fingerprint density at radius 2 is 1.76 bits per heavy atom. The van der Waals surface area contributed by atoms with Gasteiger partial charge in [0, 0.05) is 38.3 Å². The molecule has 0 atom stereocenters. The second-order valence-electron chi connectivity index (χ2n) is 10.4. The minimum atomic E-state index is -0.418. The lowest BCUT2D eigenvalue weighted by Gasteiger charge is -2.33. The third-order valence-corrected chi connectivity index (χ3v) is 6.28. The second-order valence-corrected chi connectivity index (χ2v) is 10.4. The molecule has 3 rings (SSSR count). The lowest BCUT2D eigenvalue weighted by atomic mass is 10.1. The third kappa shape index (κ3) is 9.25. The lowest BCUT2D eigenvalue weighted by Crippen LogP contribution is -2.53. The molecule has 1 aliphatic rings. The fraction of sp³-hybridized carbons (Fsp3) is 0.571. The number of morpholine rings is 1. The summed E-state index contributed by atoms with van der Waals surface area (Å²) in [5.74, 6) is 1.83. The van der Waals surface area contributed by atoms with E-state index in [4.69, 9.17) is 18.6 Å². The van der Waals surface area contributed by atoms with Gasteiger partial charge in [-0.15, -0.1) is 0 Å². The van der Waals surface area contributed by atoms with E-state index in [0.29, 0.717) is 63.1 Å². The summed E-state index contributed by atoms with van der Waals surface area (Å²) < 4.78 is 21.7. The summed E-state index contributed by atoms with van der Waals surface area (Å²) in [6.45, 7) is 10.6. The molecule has 0 bridgehead atoms. The van der Waals surface area contributed by atoms with Crippen molar-refractivity contribution >= 4 is 11.9 Å². The number of carbonyl (C=O) groups is 2. The topological polar surface area (TPSA) is 96.7 Å². The van der Waals surface area contributed by atoms with E-state index in [1.165, 1.54) is 0 Å². The zero-order valence-corrected chi connectivity index (χ0v) is 23.3. The van der Waals surface area contributed by atoms with Gasteiger partial charge in [-0.3, -0.25) is 9.69 Å². The first kappa shape index (κ1) is 29.3. The van der Waals surface area contributed by atoms with Crippen LogP contribution in [-0.2, 0) is 22.5 Å². The van der Waals surface area contributed by atoms with Crippen LogP contribution in [0.2, 0.25) is 0 Å². The number of ether oxygens (including phenoxy) is 3. The van der Waals surface area contributed by atoms with E-state index in [1.54, 1.807) is 36.3 Å². The molecule has 3 amide bonds. The molecule has 0 aliphatic carbocycles. The Morgan fingerprint density at radius 3 is 2.39 bits per heavy atom. The minimum Gasteiger partial charge on any atom is -0.493 e. The van der Waals surface area contributed by atoms with E-state index >= 15 is 0 Å². The number of furan rings is 1. The molecule has 1 aromatic heterocycles. The van der Waals surface area contributed by atoms with Crippen LogP contribution < -0.4 is 14.8 Å². The van der Waals surface area contributed by atoms with E-state index in [9.17, 15) is 9.59 Å². The van der Waals surface area contributed by atoms with E-state index < -0.39 is 5.54 Å². The van der Waals surface area contributed by atoms with E-state index in [-0.39, 0.29) is 18.5 Å². The molecule has 2 aromatic rings. The summed E-state index contributed by atoms with van der Waals surface area (Å²) >= 11 is 0. The monoisotopic (exact) mass is 530 g/mol. The highest BCUT2D eigenvalue weighted by Gasteiger charge is 2.25. The number of nitrogens with one attached hydrogen (secondary N) is 1. The quantitative estimate of drug-likeness (QED) is 0.451. The van der Waals surface area contributed by atoms with Gasteiger partial charge in [-0.05, 0) is 57.0 Å². The molecular weight excluding hydrogens is 488 g/mol. The van der Waals surface area contributed by atoms with Crippen LogP contribution in [0.5, 0.6) is 11.5 Å². The number of nitrogens with zero attached hydrogens (tertiary/aromatic N) is 3. The largest absolute Gasteiger partial charge is 0.493 e. The van der Waals surface area contributed by atoms with Crippen molar-refractivity contribution in [3.8, 4) is 11.5 Å². The fourth-order valence-electron chi connectivity index (χ4n) is 4.19. The number of hydrogen-bond donors (Lipinski definition) is 1. The van der Waals surface area contributed by atoms with E-state index in [2.05, 4.69) is 10.2 Å². The van der Waals surface area contributed by atoms with E-state index in [1.807, 2.05) is 45.0 Å². The lowest BCUT2D eigenvalue weighted by molar-refractivity contribution is -0.132. The first-order valence-corrected chi connectivity index (χ1v) is 13.1. The number of hydrogen-bond acceptors (Lipinski definition) is 7. The Kier molecular flexibility index (Phi) is 10.8. The SMILES string of the molecule is COc1ccc(CCN(Cc2ccco2)C(=O)CN(CCN2CCOCC2)C(=O)NC(C)(C)C)cc1OC. The average Bonchev–Trinajstić information content (AvgIpc) is 3.41. The van der Waals surface area contributed by atoms with Crippen molar-refractivity contribution in [2.45, 2.75) is 39.3 Å². The average molecular weight is 531 g/mol. The normalized spacial score (nSPS) is 14.1. The van der Waals surface area contributed by atoms with Gasteiger partial charge in [0.15, 0.2) is 11.5 Å². The molecule has 1 saturated heterocycles. The zero-order chi connectivity index (χ0) is 27.5. The highest BCUT2D eigenvalue weighted by molar-refractivity contribution is 5.84. The summed E-state index contributed by atoms with van der Waals surface area (Å²) in [4.78, 5) is 32.4. The summed E-state index contributed by atoms with van der Waals surface area (Å²) in [5, 5.41) is 3.01. The second kappa shape index (κ2) is 14.1. The van der Waals surface area contributed by atoms with Crippen molar-refractivity contribution in [3.63, 3.8) is 0 Å². The molecule has 1 fully saturated rings. The van der Waals surface area contributed by atoms with Crippen LogP contribution in [0.25, 0.3) is 0 Å². The Hall–Kier alpha value is -3.24. The number of benzene rings is 1. The number of amides is 3. The van der Waals surface area contributed by atoms with Crippen molar-refractivity contribution in [2.75, 3.05) is 66.7 Å². The molecule has 0 spiro atoms. The van der Waals surface area contributed by atoms with Crippen molar-refractivity contribution in [1.82, 2.24) is 20.0 Å². The molecule has 10 nitrogen and oxygen atoms in total. The first-order chi connectivity index (χ1) is 18.2. The van der Waals surface area contributed by atoms with Crippen LogP contribution in [0.15, 0.2) is 41.0 Å². The van der Waals surface area contributed by atoms with Crippen LogP contribution in [0.1, 0.15) is 32.1 Å². The molecule has 1 aromatic carbocycles. The minimum absolute atomic E-state index is 0.0289. The number of rotatable bonds is 12. The number of carbonyl (C=O) groups excluding carboxylic acids is 2. The molecule has 0 unspecified atom stereocenters. The van der Waals surface area contributed by atoms with Crippen LogP contribution in [0, 0.1) is 0 Å². The van der Waals surface area contributed by atoms with Gasteiger partial charge in [-0.1, -0.05) is 6.07 Å². The van der Waals surface area contributed by atoms with Crippen molar-refractivity contribution in [1.29, 1.82) is 0 Å². The molecule has 0 radical (unpaired) electrons. The highest BCUT2D eigenvalue weighted by Crippen LogP contribution is 2.27. The third-order valence-electron chi connectivity index (χ3n) is 6.28. The van der Waals surface area contributed by atoms with E-state index in [0.717, 1.165) is 18.7 Å². The first-order valence-electron chi connectivity index (χ1n) is 13.1. The van der Waals surface area contributed by atoms with Crippen molar-refractivity contribution < 1.29 is 28.2 Å². The van der Waals surface area contributed by atoms with Crippen molar-refractivity contribution in [3.05, 3.63) is 47.9 Å². The maximum atomic E-state index is 13.6. The highest BCUT2D eigenvalue weighted by atomic mass is 16.5. The Morgan fingerprint density at radius 1 is 1.03 bits per heavy atom. The molecular formula is C28H42N4O6. The summed E-state index contributed by atoms with van der Waals surface area (Å²) in [7, 11) is 3.20. The fourth-order valence-corrected chi connectivity index (χ4v) is 4.19. The molecule has 0 saturated carbocycles. The maximum Gasteiger partial charge on any atom is 0.318 e. The molecule has 10 heteroatoms. The Balaban J connectivity index is 1.72. The van der Waals surface area contributed by atoms with Gasteiger partial charge in [0.25, 0.3) is 0 Å². The van der Waals surface area contributed by atoms with Gasteiger partial charge >= 0.3 is 6.03 Å². The number of urea groups is 1. The van der Waals surface area contributed by atoms with Crippen LogP contribution in [0.3, 0.4) is 0 Å². The summed E-state index contributed by atoms with van der Waals surface area (Å²) in [6.07, 6.45) is 2.20. The molecule has 1 aliphatic heterocycles. The zero-order valence-electron chi connectivity index (χ0n) is 23.3. The molecule has 2 heterocycles. The summed E-state index contributed by atoms with van der Waals surface area (Å²) in [5.41, 5.74) is 0.591. The van der Waals surface area contributed by atoms with Crippen LogP contribution in [-0.4, -0.2) is 98.9 Å². The predicted octanol–water partition coefficient (Wildman–Crippen LogP) is 3.01. The van der Waals surface area contributed by atoms with Gasteiger partial charge in [-0.2, -0.15) is 0 Å². The van der Waals surface area contributed by atoms with Gasteiger partial charge in [0.05, 0.1) is 40.2 Å². The standard InChI is InChI=1S/C28H42N4O6/c1-28(2,3)29-27(34)32(13-12-30-14-17-37-18-15-30)21-26(33)31(20-23-7-6-16-38-23)11-10-22-8-9-24(35-4)25(19-22)36-5/h6-9,16,19H,10-15,17-18,20-21H2,1-5H3,(H,29,34). The van der Waals surface area contributed by atoms with Crippen LogP contribution >= 0.6 is 0 Å². The van der Waals surface area contributed by atoms with Gasteiger partial charge in [-0.25, -0.2) is 4.79 Å². The van der Waals surface area contributed by atoms with Crippen LogP contribution in [0.4, 0.5) is 4.79 Å². The summed E-state index contributed by atoms with van der Waals surface area (Å²) in [6, 6.07) is 9.13.